The zero-order valence-electron chi connectivity index (χ0n) is 17.3. The minimum Gasteiger partial charge on any atom is -0.463 e. The highest BCUT2D eigenvalue weighted by Gasteiger charge is 2.53. The van der Waals surface area contributed by atoms with Gasteiger partial charge in [-0.1, -0.05) is 23.2 Å². The molecule has 0 aromatic heterocycles. The van der Waals surface area contributed by atoms with Crippen LogP contribution in [0.2, 0.25) is 0 Å². The highest BCUT2D eigenvalue weighted by atomic mass is 35.5. The Morgan fingerprint density at radius 2 is 1.40 bits per heavy atom. The molecule has 1 rings (SSSR count). The second-order valence-electron chi connectivity index (χ2n) is 5.84. The van der Waals surface area contributed by atoms with E-state index in [0.717, 1.165) is 27.7 Å². The lowest BCUT2D eigenvalue weighted by atomic mass is 9.98. The Morgan fingerprint density at radius 1 is 0.900 bits per heavy atom. The van der Waals surface area contributed by atoms with Gasteiger partial charge in [0, 0.05) is 39.5 Å². The van der Waals surface area contributed by atoms with Crippen molar-refractivity contribution in [3.8, 4) is 0 Å². The molecule has 1 saturated heterocycles. The van der Waals surface area contributed by atoms with Gasteiger partial charge in [0.2, 0.25) is 18.3 Å². The number of nitrogens with zero attached hydrogens (tertiary/aromatic N) is 1. The molecule has 0 aromatic carbocycles. The summed E-state index contributed by atoms with van der Waals surface area (Å²) in [5.74, 6) is -3.93. The first kappa shape index (κ1) is 24.4. The molecule has 170 valence electrons. The average molecular weight is 494 g/mol. The van der Waals surface area contributed by atoms with Crippen LogP contribution in [0.4, 0.5) is 0 Å². The van der Waals surface area contributed by atoms with E-state index < -0.39 is 71.9 Å². The van der Waals surface area contributed by atoms with Crippen molar-refractivity contribution in [2.24, 2.45) is 4.51 Å². The molecule has 1 aliphatic heterocycles. The van der Waals surface area contributed by atoms with Crippen molar-refractivity contribution < 1.29 is 49.0 Å². The minimum absolute atomic E-state index is 0.473. The first-order valence-electron chi connectivity index (χ1n) is 8.80. The number of halogens is 3. The van der Waals surface area contributed by atoms with E-state index in [9.17, 15) is 19.2 Å². The van der Waals surface area contributed by atoms with Crippen LogP contribution in [0.3, 0.4) is 0 Å². The molecule has 0 bridgehead atoms. The van der Waals surface area contributed by atoms with Gasteiger partial charge in [0.1, 0.15) is 12.7 Å². The Hall–Kier alpha value is -1.82. The minimum atomic E-state index is -2.47. The monoisotopic (exact) mass is 492 g/mol. The van der Waals surface area contributed by atoms with E-state index in [4.69, 9.17) is 64.8 Å². The molecule has 0 N–H and O–H groups in total. The fourth-order valence-electron chi connectivity index (χ4n) is 2.49. The van der Waals surface area contributed by atoms with Gasteiger partial charge < -0.3 is 28.4 Å². The van der Waals surface area contributed by atoms with Crippen molar-refractivity contribution >= 4 is 64.8 Å². The number of rotatable bonds is 7. The number of carbonyl (C=O) groups excluding carboxylic acids is 4. The number of ether oxygens (including phenoxy) is 6. The number of alkyl halides is 2. The largest absolute Gasteiger partial charge is 0.463 e. The summed E-state index contributed by atoms with van der Waals surface area (Å²) in [5.41, 5.74) is 0. The lowest BCUT2D eigenvalue weighted by Gasteiger charge is -2.43. The third kappa shape index (κ3) is 8.13. The summed E-state index contributed by atoms with van der Waals surface area (Å²) in [6.07, 6.45) is -7.35. The van der Waals surface area contributed by atoms with Gasteiger partial charge in [0.15, 0.2) is 17.0 Å². The molecule has 14 heteroatoms. The van der Waals surface area contributed by atoms with Gasteiger partial charge >= 0.3 is 23.9 Å². The van der Waals surface area contributed by atoms with Crippen LogP contribution in [0, 0.1) is 0 Å². The molecular formula is C16H20Cl3NO10. The quantitative estimate of drug-likeness (QED) is 0.168. The summed E-state index contributed by atoms with van der Waals surface area (Å²) in [4.78, 5) is 43.8. The van der Waals surface area contributed by atoms with E-state index in [1.54, 1.807) is 0 Å². The van der Waals surface area contributed by atoms with Gasteiger partial charge in [-0.25, -0.2) is 0 Å². The Labute approximate surface area is 188 Å². The maximum atomic E-state index is 11.7. The molecule has 0 spiro atoms. The van der Waals surface area contributed by atoms with Crippen LogP contribution in [0.5, 0.6) is 0 Å². The number of carbonyl (C=O) groups is 4. The van der Waals surface area contributed by atoms with Crippen molar-refractivity contribution in [2.45, 2.75) is 63.2 Å². The van der Waals surface area contributed by atoms with E-state index >= 15 is 0 Å². The smallest absolute Gasteiger partial charge is 0.303 e. The molecule has 30 heavy (non-hydrogen) atoms. The summed E-state index contributed by atoms with van der Waals surface area (Å²) in [6, 6.07) is 0. The van der Waals surface area contributed by atoms with Crippen LogP contribution < -0.4 is 0 Å². The number of hydrogen-bond acceptors (Lipinski definition) is 11. The van der Waals surface area contributed by atoms with Gasteiger partial charge in [-0.15, -0.1) is 4.51 Å². The average Bonchev–Trinajstić information content (AvgIpc) is 2.60. The van der Waals surface area contributed by atoms with Gasteiger partial charge in [0.25, 0.3) is 0 Å². The number of hydrogen-bond donors (Lipinski definition) is 0. The van der Waals surface area contributed by atoms with Crippen LogP contribution >= 0.6 is 35.0 Å². The van der Waals surface area contributed by atoms with E-state index in [1.165, 1.54) is 0 Å². The zero-order chi connectivity index (χ0) is 23.9. The summed E-state index contributed by atoms with van der Waals surface area (Å²) in [7, 11) is 0. The van der Waals surface area contributed by atoms with E-state index in [1.807, 2.05) is 0 Å². The Morgan fingerprint density at radius 3 is 1.83 bits per heavy atom. The normalized spacial score (nSPS) is 27.4. The van der Waals surface area contributed by atoms with Crippen LogP contribution in [0.25, 0.3) is 0 Å². The summed E-state index contributed by atoms with van der Waals surface area (Å²) >= 11 is 16.6. The molecule has 0 aliphatic carbocycles. The SMILES string of the molecule is [2H]C(Cl)(Cl)C(=NCl)OC1O[C@H](COC(C)=O)[C@H](OC(C)=O)[C@H](OC(C)=O)[C@H]1OC(C)=O. The Bertz CT molecular complexity index is 729. The van der Waals surface area contributed by atoms with Crippen LogP contribution in [-0.2, 0) is 47.6 Å². The van der Waals surface area contributed by atoms with Crippen molar-refractivity contribution in [1.29, 1.82) is 0 Å². The van der Waals surface area contributed by atoms with Crippen molar-refractivity contribution in [3.05, 3.63) is 0 Å². The van der Waals surface area contributed by atoms with Gasteiger partial charge in [-0.05, 0) is 0 Å². The molecule has 1 aliphatic rings. The third-order valence-electron chi connectivity index (χ3n) is 3.41. The third-order valence-corrected chi connectivity index (χ3v) is 3.89. The van der Waals surface area contributed by atoms with Crippen LogP contribution in [0.1, 0.15) is 29.1 Å². The predicted octanol–water partition coefficient (Wildman–Crippen LogP) is 1.44. The maximum absolute atomic E-state index is 11.7. The lowest BCUT2D eigenvalue weighted by Crippen LogP contribution is -2.63. The standard InChI is InChI=1S/C16H20Cl3NO10/c1-6(21)25-5-10-11(26-7(2)22)12(27-8(3)23)13(28-9(4)24)16(29-10)30-15(20-19)14(17)18/h10-14,16H,5H2,1-4H3/t10-,11+,12+,13-,16?/m1/s1/i14D. The molecule has 1 heterocycles. The van der Waals surface area contributed by atoms with Gasteiger partial charge in [-0.3, -0.25) is 19.2 Å². The molecule has 1 fully saturated rings. The Balaban J connectivity index is 3.44. The fraction of sp³-hybridized carbons (Fsp3) is 0.688. The maximum Gasteiger partial charge on any atom is 0.303 e. The topological polar surface area (TPSA) is 136 Å². The van der Waals surface area contributed by atoms with Crippen molar-refractivity contribution in [1.82, 2.24) is 0 Å². The molecule has 1 unspecified atom stereocenters. The van der Waals surface area contributed by atoms with Crippen molar-refractivity contribution in [3.63, 3.8) is 0 Å². The molecule has 0 amide bonds. The highest BCUT2D eigenvalue weighted by molar-refractivity contribution is 6.54. The molecule has 11 nitrogen and oxygen atoms in total. The van der Waals surface area contributed by atoms with Gasteiger partial charge in [0.05, 0.1) is 1.37 Å². The summed E-state index contributed by atoms with van der Waals surface area (Å²) in [5, 5.41) is 0. The molecule has 0 saturated carbocycles. The van der Waals surface area contributed by atoms with Crippen molar-refractivity contribution in [2.75, 3.05) is 6.61 Å². The molecule has 5 atom stereocenters. The van der Waals surface area contributed by atoms with Crippen LogP contribution in [-0.4, -0.2) is 71.9 Å². The first-order valence-corrected chi connectivity index (χ1v) is 9.40. The highest BCUT2D eigenvalue weighted by Crippen LogP contribution is 2.30. The van der Waals surface area contributed by atoms with Crippen LogP contribution in [0.15, 0.2) is 4.51 Å². The Kier molecular flexibility index (Phi) is 9.89. The molecule has 0 aromatic rings. The second-order valence-corrected chi connectivity index (χ2v) is 6.95. The molecule has 0 radical (unpaired) electrons. The number of esters is 4. The summed E-state index contributed by atoms with van der Waals surface area (Å²) in [6.45, 7) is 3.82. The fourth-order valence-corrected chi connectivity index (χ4v) is 2.87. The predicted molar refractivity (Wildman–Crippen MR) is 102 cm³/mol. The first-order chi connectivity index (χ1) is 14.3. The van der Waals surface area contributed by atoms with E-state index in [0.29, 0.717) is 0 Å². The van der Waals surface area contributed by atoms with E-state index in [2.05, 4.69) is 4.51 Å². The summed E-state index contributed by atoms with van der Waals surface area (Å²) < 4.78 is 42.1. The zero-order valence-corrected chi connectivity index (χ0v) is 18.5. The van der Waals surface area contributed by atoms with Gasteiger partial charge in [-0.2, -0.15) is 0 Å². The van der Waals surface area contributed by atoms with E-state index in [-0.39, 0.29) is 0 Å². The second kappa shape index (κ2) is 12.1. The lowest BCUT2D eigenvalue weighted by molar-refractivity contribution is -0.291. The molecular weight excluding hydrogens is 473 g/mol.